The Labute approximate surface area is 166 Å². The Morgan fingerprint density at radius 1 is 1.07 bits per heavy atom. The van der Waals surface area contributed by atoms with Crippen LogP contribution in [0, 0.1) is 12.8 Å². The van der Waals surface area contributed by atoms with Crippen LogP contribution < -0.4 is 4.74 Å². The minimum absolute atomic E-state index is 0.0711. The van der Waals surface area contributed by atoms with Gasteiger partial charge in [-0.25, -0.2) is 4.98 Å². The number of halogens is 1. The van der Waals surface area contributed by atoms with Crippen molar-refractivity contribution in [1.82, 2.24) is 4.98 Å². The molecule has 27 heavy (non-hydrogen) atoms. The fourth-order valence-corrected chi connectivity index (χ4v) is 4.52. The lowest BCUT2D eigenvalue weighted by atomic mass is 9.76. The number of rotatable bonds is 5. The molecule has 1 heterocycles. The van der Waals surface area contributed by atoms with Crippen LogP contribution in [0.3, 0.4) is 0 Å². The third kappa shape index (κ3) is 3.89. The van der Waals surface area contributed by atoms with Gasteiger partial charge >= 0.3 is 0 Å². The standard InChI is InChI=1S/C23H25ClNO2/c1-14-3-11-19(16-6-7-16)22(25-14)23(26)17-8-4-15(5-9-17)18-10-12-21(27-2)20(24)13-18/h3,10-13,15-17H,1,4-9H2,2H3. The van der Waals surface area contributed by atoms with Crippen LogP contribution in [0.25, 0.3) is 0 Å². The average Bonchev–Trinajstić information content (AvgIpc) is 3.52. The molecule has 0 N–H and O–H groups in total. The Morgan fingerprint density at radius 3 is 2.41 bits per heavy atom. The fraction of sp³-hybridized carbons (Fsp3) is 0.435. The van der Waals surface area contributed by atoms with Gasteiger partial charge in [0, 0.05) is 11.6 Å². The number of nitrogens with zero attached hydrogens (tertiary/aromatic N) is 1. The summed E-state index contributed by atoms with van der Waals surface area (Å²) in [6.07, 6.45) is 6.15. The molecule has 0 unspecified atom stereocenters. The van der Waals surface area contributed by atoms with Gasteiger partial charge in [-0.15, -0.1) is 0 Å². The number of hydrogen-bond acceptors (Lipinski definition) is 3. The minimum Gasteiger partial charge on any atom is -0.495 e. The zero-order valence-electron chi connectivity index (χ0n) is 15.7. The molecule has 1 radical (unpaired) electrons. The van der Waals surface area contributed by atoms with E-state index in [4.69, 9.17) is 16.3 Å². The van der Waals surface area contributed by atoms with E-state index in [0.29, 0.717) is 34.0 Å². The summed E-state index contributed by atoms with van der Waals surface area (Å²) in [5, 5.41) is 0.652. The quantitative estimate of drug-likeness (QED) is 0.599. The van der Waals surface area contributed by atoms with Gasteiger partial charge in [0.05, 0.1) is 12.1 Å². The van der Waals surface area contributed by atoms with Crippen LogP contribution in [0.15, 0.2) is 30.3 Å². The molecular weight excluding hydrogens is 358 g/mol. The highest BCUT2D eigenvalue weighted by molar-refractivity contribution is 6.32. The average molecular weight is 383 g/mol. The predicted octanol–water partition coefficient (Wildman–Crippen LogP) is 5.96. The third-order valence-electron chi connectivity index (χ3n) is 5.98. The van der Waals surface area contributed by atoms with E-state index < -0.39 is 0 Å². The molecule has 1 aromatic carbocycles. The molecule has 3 nitrogen and oxygen atoms in total. The Bertz CT molecular complexity index is 851. The Morgan fingerprint density at radius 2 is 1.78 bits per heavy atom. The van der Waals surface area contributed by atoms with Crippen LogP contribution in [-0.4, -0.2) is 17.9 Å². The lowest BCUT2D eigenvalue weighted by Crippen LogP contribution is -2.23. The van der Waals surface area contributed by atoms with Crippen LogP contribution >= 0.6 is 11.6 Å². The highest BCUT2D eigenvalue weighted by Gasteiger charge is 2.33. The number of benzene rings is 1. The summed E-state index contributed by atoms with van der Waals surface area (Å²) < 4.78 is 5.24. The smallest absolute Gasteiger partial charge is 0.184 e. The molecule has 0 atom stereocenters. The molecule has 2 aromatic rings. The Hall–Kier alpha value is -1.87. The summed E-state index contributed by atoms with van der Waals surface area (Å²) in [6.45, 7) is 3.92. The second kappa shape index (κ2) is 7.63. The SMILES string of the molecule is [CH2]c1ccc(C2CC2)c(C(=O)C2CCC(c3ccc(OC)c(Cl)c3)CC2)n1. The third-order valence-corrected chi connectivity index (χ3v) is 6.28. The number of aromatic nitrogens is 1. The van der Waals surface area contributed by atoms with Gasteiger partial charge in [-0.05, 0) is 86.6 Å². The molecule has 2 fully saturated rings. The van der Waals surface area contributed by atoms with Crippen molar-refractivity contribution in [2.75, 3.05) is 7.11 Å². The maximum atomic E-state index is 13.2. The summed E-state index contributed by atoms with van der Waals surface area (Å²) in [6, 6.07) is 10.0. The maximum absolute atomic E-state index is 13.2. The van der Waals surface area contributed by atoms with E-state index in [1.165, 1.54) is 18.4 Å². The number of hydrogen-bond donors (Lipinski definition) is 0. The maximum Gasteiger partial charge on any atom is 0.184 e. The molecule has 0 spiro atoms. The molecule has 0 bridgehead atoms. The normalized spacial score (nSPS) is 22.5. The number of carbonyl (C=O) groups is 1. The second-order valence-electron chi connectivity index (χ2n) is 7.82. The molecule has 141 valence electrons. The van der Waals surface area contributed by atoms with Gasteiger partial charge in [0.1, 0.15) is 11.4 Å². The Balaban J connectivity index is 1.46. The van der Waals surface area contributed by atoms with Crippen molar-refractivity contribution >= 4 is 17.4 Å². The largest absolute Gasteiger partial charge is 0.495 e. The van der Waals surface area contributed by atoms with E-state index in [9.17, 15) is 4.79 Å². The van der Waals surface area contributed by atoms with Crippen molar-refractivity contribution in [2.24, 2.45) is 5.92 Å². The predicted molar refractivity (Wildman–Crippen MR) is 108 cm³/mol. The zero-order chi connectivity index (χ0) is 19.0. The second-order valence-corrected chi connectivity index (χ2v) is 8.23. The number of pyridine rings is 1. The summed E-state index contributed by atoms with van der Waals surface area (Å²) >= 11 is 6.28. The van der Waals surface area contributed by atoms with Crippen molar-refractivity contribution in [3.8, 4) is 5.75 Å². The number of methoxy groups -OCH3 is 1. The highest BCUT2D eigenvalue weighted by Crippen LogP contribution is 2.43. The van der Waals surface area contributed by atoms with E-state index in [1.807, 2.05) is 18.2 Å². The first-order valence-corrected chi connectivity index (χ1v) is 10.1. The highest BCUT2D eigenvalue weighted by atomic mass is 35.5. The molecule has 1 aromatic heterocycles. The van der Waals surface area contributed by atoms with Gasteiger partial charge in [-0.2, -0.15) is 0 Å². The van der Waals surface area contributed by atoms with Gasteiger partial charge in [0.2, 0.25) is 0 Å². The number of ether oxygens (including phenoxy) is 1. The van der Waals surface area contributed by atoms with Crippen molar-refractivity contribution in [3.05, 3.63) is 64.8 Å². The van der Waals surface area contributed by atoms with Crippen molar-refractivity contribution in [3.63, 3.8) is 0 Å². The molecule has 4 rings (SSSR count). The molecule has 0 amide bonds. The summed E-state index contributed by atoms with van der Waals surface area (Å²) in [5.74, 6) is 1.97. The molecule has 2 aliphatic rings. The molecule has 4 heteroatoms. The van der Waals surface area contributed by atoms with Gasteiger partial charge in [-0.1, -0.05) is 23.7 Å². The zero-order valence-corrected chi connectivity index (χ0v) is 16.5. The van der Waals surface area contributed by atoms with Crippen LogP contribution in [0.4, 0.5) is 0 Å². The number of carbonyl (C=O) groups excluding carboxylic acids is 1. The van der Waals surface area contributed by atoms with Crippen molar-refractivity contribution in [2.45, 2.75) is 50.4 Å². The Kier molecular flexibility index (Phi) is 5.23. The molecule has 0 aliphatic heterocycles. The van der Waals surface area contributed by atoms with Crippen LogP contribution in [0.5, 0.6) is 5.75 Å². The first kappa shape index (κ1) is 18.5. The van der Waals surface area contributed by atoms with E-state index >= 15 is 0 Å². The van der Waals surface area contributed by atoms with Crippen LogP contribution in [-0.2, 0) is 0 Å². The molecular formula is C23H25ClNO2. The lowest BCUT2D eigenvalue weighted by Gasteiger charge is -2.28. The molecule has 2 saturated carbocycles. The molecule has 2 aliphatic carbocycles. The van der Waals surface area contributed by atoms with E-state index in [1.54, 1.807) is 7.11 Å². The first-order valence-electron chi connectivity index (χ1n) is 9.77. The topological polar surface area (TPSA) is 39.2 Å². The van der Waals surface area contributed by atoms with Crippen molar-refractivity contribution in [1.29, 1.82) is 0 Å². The minimum atomic E-state index is 0.0711. The van der Waals surface area contributed by atoms with E-state index in [0.717, 1.165) is 31.2 Å². The van der Waals surface area contributed by atoms with Gasteiger partial charge < -0.3 is 4.74 Å². The summed E-state index contributed by atoms with van der Waals surface area (Å²) in [7, 11) is 1.63. The van der Waals surface area contributed by atoms with E-state index in [2.05, 4.69) is 24.0 Å². The number of ketones is 1. The van der Waals surface area contributed by atoms with Gasteiger partial charge in [0.15, 0.2) is 5.78 Å². The monoisotopic (exact) mass is 382 g/mol. The van der Waals surface area contributed by atoms with Gasteiger partial charge in [-0.3, -0.25) is 4.79 Å². The first-order chi connectivity index (χ1) is 13.1. The number of Topliss-reactive ketones (excluding diaryl/α,β-unsaturated/α-hetero) is 1. The van der Waals surface area contributed by atoms with Gasteiger partial charge in [0.25, 0.3) is 0 Å². The fourth-order valence-electron chi connectivity index (χ4n) is 4.25. The van der Waals surface area contributed by atoms with Crippen molar-refractivity contribution < 1.29 is 9.53 Å². The molecule has 0 saturated heterocycles. The van der Waals surface area contributed by atoms with Crippen LogP contribution in [0.2, 0.25) is 5.02 Å². The van der Waals surface area contributed by atoms with E-state index in [-0.39, 0.29) is 11.7 Å². The lowest BCUT2D eigenvalue weighted by molar-refractivity contribution is 0.0877. The summed E-state index contributed by atoms with van der Waals surface area (Å²) in [4.78, 5) is 17.7. The summed E-state index contributed by atoms with van der Waals surface area (Å²) in [5.41, 5.74) is 3.74. The van der Waals surface area contributed by atoms with Crippen LogP contribution in [0.1, 0.15) is 77.7 Å².